The molecule has 1 aliphatic rings. The van der Waals surface area contributed by atoms with Crippen LogP contribution < -0.4 is 5.56 Å². The summed E-state index contributed by atoms with van der Waals surface area (Å²) in [6.07, 6.45) is 2.84. The van der Waals surface area contributed by atoms with E-state index in [1.54, 1.807) is 29.9 Å². The molecule has 0 saturated heterocycles. The average molecular weight is 610 g/mol. The zero-order valence-electron chi connectivity index (χ0n) is 25.2. The third-order valence-corrected chi connectivity index (χ3v) is 10.7. The van der Waals surface area contributed by atoms with Gasteiger partial charge in [-0.2, -0.15) is 0 Å². The highest BCUT2D eigenvalue weighted by Gasteiger charge is 2.32. The standard InChI is InChI=1S/C33H37F2N3O2S2/c1-18-9-8-10-19(2)29(18)38-31(40)28-23-13-12-22(33(4,5)6)16-26(23)42-30(28)36-32(38)41-17-27(39)37(7)20(3)21-11-14-24(34)25(35)15-21/h8-11,14-15,20,22H,12-13,16-17H2,1-7H3. The van der Waals surface area contributed by atoms with Crippen molar-refractivity contribution in [3.8, 4) is 5.69 Å². The number of hydrogen-bond acceptors (Lipinski definition) is 5. The largest absolute Gasteiger partial charge is 0.338 e. The van der Waals surface area contributed by atoms with E-state index >= 15 is 0 Å². The molecule has 5 rings (SSSR count). The maximum absolute atomic E-state index is 14.4. The summed E-state index contributed by atoms with van der Waals surface area (Å²) in [5.41, 5.74) is 4.41. The Morgan fingerprint density at radius 3 is 2.50 bits per heavy atom. The molecule has 2 aromatic carbocycles. The molecule has 2 atom stereocenters. The van der Waals surface area contributed by atoms with Crippen molar-refractivity contribution < 1.29 is 13.6 Å². The number of aryl methyl sites for hydroxylation is 3. The molecule has 4 aromatic rings. The van der Waals surface area contributed by atoms with Crippen LogP contribution in [0.4, 0.5) is 8.78 Å². The van der Waals surface area contributed by atoms with Crippen LogP contribution in [-0.2, 0) is 17.6 Å². The van der Waals surface area contributed by atoms with Gasteiger partial charge < -0.3 is 4.90 Å². The van der Waals surface area contributed by atoms with Crippen LogP contribution in [-0.4, -0.2) is 33.2 Å². The van der Waals surface area contributed by atoms with E-state index in [1.807, 2.05) is 32.0 Å². The van der Waals surface area contributed by atoms with Gasteiger partial charge in [-0.05, 0) is 85.8 Å². The number of halogens is 2. The van der Waals surface area contributed by atoms with Gasteiger partial charge in [-0.25, -0.2) is 13.8 Å². The molecule has 0 N–H and O–H groups in total. The summed E-state index contributed by atoms with van der Waals surface area (Å²) in [5.74, 6) is -1.51. The lowest BCUT2D eigenvalue weighted by Gasteiger charge is -2.33. The number of aromatic nitrogens is 2. The number of para-hydroxylation sites is 1. The highest BCUT2D eigenvalue weighted by atomic mass is 32.2. The minimum Gasteiger partial charge on any atom is -0.338 e. The fraction of sp³-hybridized carbons (Fsp3) is 0.424. The Hall–Kier alpha value is -3.04. The van der Waals surface area contributed by atoms with Crippen molar-refractivity contribution in [2.75, 3.05) is 12.8 Å². The van der Waals surface area contributed by atoms with Crippen molar-refractivity contribution >= 4 is 39.2 Å². The van der Waals surface area contributed by atoms with Gasteiger partial charge in [-0.15, -0.1) is 11.3 Å². The molecule has 0 bridgehead atoms. The maximum atomic E-state index is 14.4. The third-order valence-electron chi connectivity index (χ3n) is 8.67. The molecule has 0 fully saturated rings. The molecule has 1 aliphatic carbocycles. The first-order chi connectivity index (χ1) is 19.8. The van der Waals surface area contributed by atoms with Gasteiger partial charge >= 0.3 is 0 Å². The van der Waals surface area contributed by atoms with Gasteiger partial charge in [-0.1, -0.05) is 56.8 Å². The molecule has 0 saturated carbocycles. The van der Waals surface area contributed by atoms with Crippen LogP contribution in [0, 0.1) is 36.8 Å². The fourth-order valence-electron chi connectivity index (χ4n) is 5.84. The number of hydrogen-bond donors (Lipinski definition) is 0. The summed E-state index contributed by atoms with van der Waals surface area (Å²) in [6.45, 7) is 12.6. The number of thioether (sulfide) groups is 1. The number of thiophene rings is 1. The zero-order valence-corrected chi connectivity index (χ0v) is 26.8. The minimum atomic E-state index is -0.947. The average Bonchev–Trinajstić information content (AvgIpc) is 3.31. The summed E-state index contributed by atoms with van der Waals surface area (Å²) in [6, 6.07) is 9.13. The predicted octanol–water partition coefficient (Wildman–Crippen LogP) is 7.80. The lowest BCUT2D eigenvalue weighted by Crippen LogP contribution is -2.31. The topological polar surface area (TPSA) is 55.2 Å². The van der Waals surface area contributed by atoms with Gasteiger partial charge in [0.15, 0.2) is 16.8 Å². The zero-order chi connectivity index (χ0) is 30.5. The first-order valence-electron chi connectivity index (χ1n) is 14.2. The Labute approximate surface area is 254 Å². The number of carbonyl (C=O) groups is 1. The monoisotopic (exact) mass is 609 g/mol. The molecule has 2 unspecified atom stereocenters. The van der Waals surface area contributed by atoms with Gasteiger partial charge in [0.1, 0.15) is 4.83 Å². The predicted molar refractivity (Wildman–Crippen MR) is 168 cm³/mol. The number of amides is 1. The molecule has 0 radical (unpaired) electrons. The van der Waals surface area contributed by atoms with E-state index in [9.17, 15) is 18.4 Å². The van der Waals surface area contributed by atoms with Crippen LogP contribution in [0.25, 0.3) is 15.9 Å². The summed E-state index contributed by atoms with van der Waals surface area (Å²) < 4.78 is 29.0. The van der Waals surface area contributed by atoms with Gasteiger partial charge in [0.05, 0.1) is 22.9 Å². The highest BCUT2D eigenvalue weighted by Crippen LogP contribution is 2.42. The second-order valence-corrected chi connectivity index (χ2v) is 14.4. The Balaban J connectivity index is 1.53. The lowest BCUT2D eigenvalue weighted by atomic mass is 9.72. The Bertz CT molecular complexity index is 1720. The molecule has 42 heavy (non-hydrogen) atoms. The van der Waals surface area contributed by atoms with Crippen molar-refractivity contribution in [3.05, 3.63) is 85.5 Å². The Morgan fingerprint density at radius 1 is 1.17 bits per heavy atom. The number of nitrogens with zero attached hydrogens (tertiary/aromatic N) is 3. The molecule has 222 valence electrons. The molecule has 9 heteroatoms. The van der Waals surface area contributed by atoms with E-state index in [-0.39, 0.29) is 22.6 Å². The van der Waals surface area contributed by atoms with E-state index in [0.717, 1.165) is 58.6 Å². The van der Waals surface area contributed by atoms with E-state index in [2.05, 4.69) is 20.8 Å². The normalized spacial score (nSPS) is 16.0. The maximum Gasteiger partial charge on any atom is 0.267 e. The van der Waals surface area contributed by atoms with Gasteiger partial charge in [-0.3, -0.25) is 14.2 Å². The molecular formula is C33H37F2N3O2S2. The van der Waals surface area contributed by atoms with E-state index < -0.39 is 17.7 Å². The van der Waals surface area contributed by atoms with Crippen LogP contribution in [0.5, 0.6) is 0 Å². The number of rotatable bonds is 6. The van der Waals surface area contributed by atoms with Crippen LogP contribution in [0.3, 0.4) is 0 Å². The van der Waals surface area contributed by atoms with Gasteiger partial charge in [0, 0.05) is 11.9 Å². The van der Waals surface area contributed by atoms with Crippen molar-refractivity contribution in [2.45, 2.75) is 72.0 Å². The Morgan fingerprint density at radius 2 is 1.86 bits per heavy atom. The van der Waals surface area contributed by atoms with Crippen LogP contribution in [0.1, 0.15) is 67.3 Å². The molecule has 1 amide bonds. The smallest absolute Gasteiger partial charge is 0.267 e. The van der Waals surface area contributed by atoms with Crippen molar-refractivity contribution in [1.29, 1.82) is 0 Å². The van der Waals surface area contributed by atoms with Crippen molar-refractivity contribution in [1.82, 2.24) is 14.5 Å². The van der Waals surface area contributed by atoms with Crippen LogP contribution in [0.15, 0.2) is 46.3 Å². The molecule has 5 nitrogen and oxygen atoms in total. The second kappa shape index (κ2) is 11.6. The molecule has 2 heterocycles. The van der Waals surface area contributed by atoms with Crippen LogP contribution >= 0.6 is 23.1 Å². The highest BCUT2D eigenvalue weighted by molar-refractivity contribution is 7.99. The lowest BCUT2D eigenvalue weighted by molar-refractivity contribution is -0.128. The van der Waals surface area contributed by atoms with E-state index in [4.69, 9.17) is 4.98 Å². The van der Waals surface area contributed by atoms with E-state index in [1.165, 1.54) is 27.6 Å². The number of benzene rings is 2. The fourth-order valence-corrected chi connectivity index (χ4v) is 8.10. The molecule has 0 aliphatic heterocycles. The molecular weight excluding hydrogens is 573 g/mol. The SMILES string of the molecule is Cc1cccc(C)c1-n1c(SCC(=O)N(C)C(C)c2ccc(F)c(F)c2)nc2sc3c(c2c1=O)CCC(C(C)(C)C)C3. The first-order valence-corrected chi connectivity index (χ1v) is 16.1. The van der Waals surface area contributed by atoms with Gasteiger partial charge in [0.2, 0.25) is 5.91 Å². The summed E-state index contributed by atoms with van der Waals surface area (Å²) in [4.78, 5) is 36.2. The third kappa shape index (κ3) is 5.65. The van der Waals surface area contributed by atoms with Crippen molar-refractivity contribution in [3.63, 3.8) is 0 Å². The first kappa shape index (κ1) is 30.4. The Kier molecular flexibility index (Phi) is 8.38. The second-order valence-electron chi connectivity index (χ2n) is 12.4. The summed E-state index contributed by atoms with van der Waals surface area (Å²) in [7, 11) is 1.64. The molecule has 0 spiro atoms. The minimum absolute atomic E-state index is 0.0323. The number of fused-ring (bicyclic) bond motifs is 3. The molecule has 2 aromatic heterocycles. The van der Waals surface area contributed by atoms with Crippen molar-refractivity contribution in [2.24, 2.45) is 11.3 Å². The quantitative estimate of drug-likeness (QED) is 0.165. The van der Waals surface area contributed by atoms with Gasteiger partial charge in [0.25, 0.3) is 5.56 Å². The number of carbonyl (C=O) groups excluding carboxylic acids is 1. The van der Waals surface area contributed by atoms with Crippen LogP contribution in [0.2, 0.25) is 0 Å². The van der Waals surface area contributed by atoms with E-state index in [0.29, 0.717) is 22.0 Å². The summed E-state index contributed by atoms with van der Waals surface area (Å²) in [5, 5.41) is 1.17. The summed E-state index contributed by atoms with van der Waals surface area (Å²) >= 11 is 2.83.